The van der Waals surface area contributed by atoms with Crippen molar-refractivity contribution in [2.45, 2.75) is 0 Å². The van der Waals surface area contributed by atoms with Crippen molar-refractivity contribution in [1.82, 2.24) is 10.6 Å². The molecule has 6 aromatic rings. The van der Waals surface area contributed by atoms with Crippen LogP contribution in [0.1, 0.15) is 5.56 Å². The first-order chi connectivity index (χ1) is 20.0. The number of hydrogen-bond acceptors (Lipinski definition) is 4. The first kappa shape index (κ1) is 24.7. The van der Waals surface area contributed by atoms with Gasteiger partial charge in [-0.05, 0) is 98.6 Å². The highest BCUT2D eigenvalue weighted by molar-refractivity contribution is 7.80. The molecule has 1 fully saturated rings. The molecular weight excluding hydrogens is 526 g/mol. The molecule has 6 aromatic carbocycles. The van der Waals surface area contributed by atoms with Crippen LogP contribution in [0.15, 0.2) is 127 Å². The van der Waals surface area contributed by atoms with E-state index in [9.17, 15) is 9.59 Å². The lowest BCUT2D eigenvalue weighted by Crippen LogP contribution is -2.51. The highest BCUT2D eigenvalue weighted by atomic mass is 32.1. The standard InChI is InChI=1S/C35H23N3O2S/c39-33-32(34(40)37-35(41)36-33)18-22-9-10-28-21-31(16-13-27(28)17-22)38(29-14-11-23-5-1-3-7-25(23)19-29)30-15-12-24-6-2-4-8-26(24)20-30/h1-21H,(H2,36,37,39,40,41). The van der Waals surface area contributed by atoms with Crippen LogP contribution >= 0.6 is 12.2 Å². The quantitative estimate of drug-likeness (QED) is 0.136. The summed E-state index contributed by atoms with van der Waals surface area (Å²) in [5, 5.41) is 11.7. The molecule has 196 valence electrons. The van der Waals surface area contributed by atoms with E-state index >= 15 is 0 Å². The van der Waals surface area contributed by atoms with Gasteiger partial charge in [0.15, 0.2) is 5.11 Å². The number of hydrogen-bond donors (Lipinski definition) is 2. The van der Waals surface area contributed by atoms with Crippen LogP contribution in [-0.2, 0) is 9.59 Å². The van der Waals surface area contributed by atoms with Crippen molar-refractivity contribution in [2.24, 2.45) is 0 Å². The van der Waals surface area contributed by atoms with Gasteiger partial charge in [-0.1, -0.05) is 78.9 Å². The summed E-state index contributed by atoms with van der Waals surface area (Å²) < 4.78 is 0. The van der Waals surface area contributed by atoms with Crippen LogP contribution in [0.3, 0.4) is 0 Å². The molecule has 2 amide bonds. The summed E-state index contributed by atoms with van der Waals surface area (Å²) >= 11 is 4.90. The number of carbonyl (C=O) groups excluding carboxylic acids is 2. The van der Waals surface area contributed by atoms with Crippen molar-refractivity contribution in [3.8, 4) is 0 Å². The molecule has 0 spiro atoms. The van der Waals surface area contributed by atoms with E-state index in [-0.39, 0.29) is 10.7 Å². The molecule has 1 saturated heterocycles. The predicted octanol–water partition coefficient (Wildman–Crippen LogP) is 7.53. The summed E-state index contributed by atoms with van der Waals surface area (Å²) in [4.78, 5) is 26.9. The van der Waals surface area contributed by atoms with Crippen LogP contribution in [0.4, 0.5) is 17.1 Å². The largest absolute Gasteiger partial charge is 0.310 e. The van der Waals surface area contributed by atoms with Crippen molar-refractivity contribution in [1.29, 1.82) is 0 Å². The van der Waals surface area contributed by atoms with Gasteiger partial charge in [-0.25, -0.2) is 0 Å². The summed E-state index contributed by atoms with van der Waals surface area (Å²) in [6, 6.07) is 42.0. The monoisotopic (exact) mass is 549 g/mol. The number of amides is 2. The number of thiocarbonyl (C=S) groups is 1. The van der Waals surface area contributed by atoms with Gasteiger partial charge in [0.05, 0.1) is 0 Å². The smallest absolute Gasteiger partial charge is 0.263 e. The van der Waals surface area contributed by atoms with E-state index < -0.39 is 11.8 Å². The molecule has 0 unspecified atom stereocenters. The molecule has 41 heavy (non-hydrogen) atoms. The third kappa shape index (κ3) is 4.71. The molecule has 0 radical (unpaired) electrons. The Labute approximate surface area is 241 Å². The van der Waals surface area contributed by atoms with Crippen LogP contribution in [-0.4, -0.2) is 16.9 Å². The minimum atomic E-state index is -0.504. The van der Waals surface area contributed by atoms with Gasteiger partial charge < -0.3 is 4.90 Å². The van der Waals surface area contributed by atoms with E-state index in [4.69, 9.17) is 12.2 Å². The second kappa shape index (κ2) is 10.0. The van der Waals surface area contributed by atoms with Crippen LogP contribution in [0.5, 0.6) is 0 Å². The third-order valence-corrected chi connectivity index (χ3v) is 7.55. The van der Waals surface area contributed by atoms with Crippen molar-refractivity contribution < 1.29 is 9.59 Å². The van der Waals surface area contributed by atoms with Crippen molar-refractivity contribution >= 4 is 84.6 Å². The third-order valence-electron chi connectivity index (χ3n) is 7.34. The maximum atomic E-state index is 12.3. The topological polar surface area (TPSA) is 61.4 Å². The predicted molar refractivity (Wildman–Crippen MR) is 171 cm³/mol. The Hall–Kier alpha value is -5.33. The Morgan fingerprint density at radius 3 is 1.46 bits per heavy atom. The second-order valence-corrected chi connectivity index (χ2v) is 10.4. The van der Waals surface area contributed by atoms with Gasteiger partial charge in [-0.15, -0.1) is 0 Å². The number of benzene rings is 6. The summed E-state index contributed by atoms with van der Waals surface area (Å²) in [5.41, 5.74) is 3.92. The molecule has 1 aliphatic heterocycles. The second-order valence-electron chi connectivity index (χ2n) is 9.98. The Morgan fingerprint density at radius 1 is 0.512 bits per heavy atom. The zero-order valence-electron chi connectivity index (χ0n) is 21.8. The van der Waals surface area contributed by atoms with Gasteiger partial charge in [0.1, 0.15) is 5.57 Å². The molecule has 5 nitrogen and oxygen atoms in total. The Kier molecular flexibility index (Phi) is 6.03. The fraction of sp³-hybridized carbons (Fsp3) is 0. The fourth-order valence-electron chi connectivity index (χ4n) is 5.33. The Bertz CT molecular complexity index is 1980. The maximum Gasteiger partial charge on any atom is 0.263 e. The molecule has 0 saturated carbocycles. The average molecular weight is 550 g/mol. The highest BCUT2D eigenvalue weighted by Gasteiger charge is 2.25. The molecule has 0 aliphatic carbocycles. The van der Waals surface area contributed by atoms with Gasteiger partial charge in [0, 0.05) is 17.1 Å². The average Bonchev–Trinajstić information content (AvgIpc) is 2.99. The Balaban J connectivity index is 1.33. The van der Waals surface area contributed by atoms with Crippen LogP contribution in [0.2, 0.25) is 0 Å². The molecule has 1 heterocycles. The lowest BCUT2D eigenvalue weighted by Gasteiger charge is -2.26. The van der Waals surface area contributed by atoms with E-state index in [1.165, 1.54) is 21.5 Å². The van der Waals surface area contributed by atoms with E-state index in [0.29, 0.717) is 0 Å². The van der Waals surface area contributed by atoms with Gasteiger partial charge in [-0.2, -0.15) is 0 Å². The van der Waals surface area contributed by atoms with E-state index in [0.717, 1.165) is 33.4 Å². The number of rotatable bonds is 4. The number of fused-ring (bicyclic) bond motifs is 3. The zero-order chi connectivity index (χ0) is 27.9. The van der Waals surface area contributed by atoms with Crippen LogP contribution in [0, 0.1) is 0 Å². The first-order valence-corrected chi connectivity index (χ1v) is 13.6. The van der Waals surface area contributed by atoms with Gasteiger partial charge in [-0.3, -0.25) is 20.2 Å². The van der Waals surface area contributed by atoms with Gasteiger partial charge >= 0.3 is 0 Å². The molecule has 0 aromatic heterocycles. The minimum absolute atomic E-state index is 0.0190. The van der Waals surface area contributed by atoms with E-state index in [2.05, 4.69) is 119 Å². The van der Waals surface area contributed by atoms with Crippen molar-refractivity contribution in [3.63, 3.8) is 0 Å². The lowest BCUT2D eigenvalue weighted by atomic mass is 10.0. The molecule has 2 N–H and O–H groups in total. The fourth-order valence-corrected chi connectivity index (χ4v) is 5.52. The van der Waals surface area contributed by atoms with Crippen LogP contribution in [0.25, 0.3) is 38.4 Å². The van der Waals surface area contributed by atoms with E-state index in [1.54, 1.807) is 6.08 Å². The first-order valence-electron chi connectivity index (χ1n) is 13.2. The molecule has 0 atom stereocenters. The highest BCUT2D eigenvalue weighted by Crippen LogP contribution is 2.38. The number of nitrogens with one attached hydrogen (secondary N) is 2. The minimum Gasteiger partial charge on any atom is -0.310 e. The lowest BCUT2D eigenvalue weighted by molar-refractivity contribution is -0.123. The zero-order valence-corrected chi connectivity index (χ0v) is 22.6. The van der Waals surface area contributed by atoms with Gasteiger partial charge in [0.2, 0.25) is 0 Å². The summed E-state index contributed by atoms with van der Waals surface area (Å²) in [6.07, 6.45) is 1.58. The van der Waals surface area contributed by atoms with Crippen molar-refractivity contribution in [2.75, 3.05) is 4.90 Å². The Morgan fingerprint density at radius 2 is 0.927 bits per heavy atom. The van der Waals surface area contributed by atoms with E-state index in [1.807, 2.05) is 18.2 Å². The SMILES string of the molecule is O=C1NC(=S)NC(=O)C1=Cc1ccc2cc(N(c3ccc4ccccc4c3)c3ccc4ccccc4c3)ccc2c1. The summed E-state index contributed by atoms with van der Waals surface area (Å²) in [5.74, 6) is -1.01. The molecular formula is C35H23N3O2S. The molecule has 7 rings (SSSR count). The molecule has 1 aliphatic rings. The number of anilines is 3. The number of nitrogens with zero attached hydrogens (tertiary/aromatic N) is 1. The van der Waals surface area contributed by atoms with Crippen molar-refractivity contribution in [3.05, 3.63) is 132 Å². The molecule has 0 bridgehead atoms. The summed E-state index contributed by atoms with van der Waals surface area (Å²) in [7, 11) is 0. The maximum absolute atomic E-state index is 12.3. The van der Waals surface area contributed by atoms with Crippen LogP contribution < -0.4 is 15.5 Å². The number of carbonyl (C=O) groups is 2. The normalized spacial score (nSPS) is 13.4. The molecule has 6 heteroatoms. The summed E-state index contributed by atoms with van der Waals surface area (Å²) in [6.45, 7) is 0. The van der Waals surface area contributed by atoms with Gasteiger partial charge in [0.25, 0.3) is 11.8 Å².